The van der Waals surface area contributed by atoms with Gasteiger partial charge < -0.3 is 4.98 Å². The third-order valence-corrected chi connectivity index (χ3v) is 4.66. The van der Waals surface area contributed by atoms with Crippen LogP contribution in [-0.4, -0.2) is 25.3 Å². The summed E-state index contributed by atoms with van der Waals surface area (Å²) in [5.74, 6) is 0.696. The van der Waals surface area contributed by atoms with Crippen molar-refractivity contribution in [3.63, 3.8) is 0 Å². The molecule has 29 heavy (non-hydrogen) atoms. The fourth-order valence-electron chi connectivity index (χ4n) is 3.22. The van der Waals surface area contributed by atoms with Gasteiger partial charge in [-0.1, -0.05) is 12.1 Å². The zero-order chi connectivity index (χ0) is 19.8. The number of pyridine rings is 1. The Balaban J connectivity index is 1.70. The molecule has 0 bridgehead atoms. The number of hydrogen-bond acceptors (Lipinski definition) is 6. The Labute approximate surface area is 165 Å². The van der Waals surface area contributed by atoms with Crippen molar-refractivity contribution in [1.82, 2.24) is 25.3 Å². The van der Waals surface area contributed by atoms with Crippen LogP contribution in [0.4, 0.5) is 0 Å². The molecule has 7 nitrogen and oxygen atoms in total. The SMILES string of the molecule is Cc1cccc(-c2[nH]c(-c3ccc(C#N)cc3)nc2-c2ccc3nonc3c2)n1. The number of imidazole rings is 1. The van der Waals surface area contributed by atoms with E-state index in [1.54, 1.807) is 12.1 Å². The number of aromatic amines is 1. The fourth-order valence-corrected chi connectivity index (χ4v) is 3.22. The van der Waals surface area contributed by atoms with Crippen molar-refractivity contribution in [1.29, 1.82) is 5.26 Å². The van der Waals surface area contributed by atoms with Gasteiger partial charge in [-0.15, -0.1) is 0 Å². The first-order chi connectivity index (χ1) is 14.2. The maximum Gasteiger partial charge on any atom is 0.138 e. The van der Waals surface area contributed by atoms with E-state index in [1.165, 1.54) is 0 Å². The molecule has 0 atom stereocenters. The van der Waals surface area contributed by atoms with E-state index < -0.39 is 0 Å². The monoisotopic (exact) mass is 378 g/mol. The second-order valence-electron chi connectivity index (χ2n) is 6.63. The number of rotatable bonds is 3. The van der Waals surface area contributed by atoms with Gasteiger partial charge in [0.05, 0.1) is 28.7 Å². The van der Waals surface area contributed by atoms with E-state index in [-0.39, 0.29) is 0 Å². The van der Waals surface area contributed by atoms with E-state index in [4.69, 9.17) is 14.9 Å². The third kappa shape index (κ3) is 3.03. The molecule has 0 aliphatic rings. The summed E-state index contributed by atoms with van der Waals surface area (Å²) in [4.78, 5) is 12.9. The molecule has 0 aliphatic carbocycles. The predicted octanol–water partition coefficient (Wildman–Crippen LogP) is 4.52. The van der Waals surface area contributed by atoms with Crippen LogP contribution in [0.2, 0.25) is 0 Å². The van der Waals surface area contributed by atoms with Crippen LogP contribution < -0.4 is 0 Å². The molecule has 0 spiro atoms. The second kappa shape index (κ2) is 6.69. The average molecular weight is 378 g/mol. The van der Waals surface area contributed by atoms with E-state index in [2.05, 4.69) is 26.4 Å². The molecule has 1 N–H and O–H groups in total. The molecule has 0 unspecified atom stereocenters. The first-order valence-corrected chi connectivity index (χ1v) is 8.98. The van der Waals surface area contributed by atoms with Crippen LogP contribution in [0.5, 0.6) is 0 Å². The standard InChI is InChI=1S/C22H14N6O/c1-13-3-2-4-18(24-13)21-20(16-9-10-17-19(11-16)28-29-27-17)25-22(26-21)15-7-5-14(12-23)6-8-15/h2-11H,1H3,(H,25,26). The lowest BCUT2D eigenvalue weighted by Gasteiger charge is -2.03. The molecule has 5 rings (SSSR count). The zero-order valence-electron chi connectivity index (χ0n) is 15.4. The molecule has 3 aromatic heterocycles. The summed E-state index contributed by atoms with van der Waals surface area (Å²) in [6, 6.07) is 21.0. The predicted molar refractivity (Wildman–Crippen MR) is 108 cm³/mol. The topological polar surface area (TPSA) is 104 Å². The van der Waals surface area contributed by atoms with Crippen LogP contribution >= 0.6 is 0 Å². The summed E-state index contributed by atoms with van der Waals surface area (Å²) in [6.07, 6.45) is 0. The lowest BCUT2D eigenvalue weighted by atomic mass is 10.1. The fraction of sp³-hybridized carbons (Fsp3) is 0.0455. The minimum atomic E-state index is 0.602. The number of nitriles is 1. The number of aromatic nitrogens is 5. The Morgan fingerprint density at radius 3 is 2.48 bits per heavy atom. The van der Waals surface area contributed by atoms with Crippen molar-refractivity contribution in [3.05, 3.63) is 71.9 Å². The lowest BCUT2D eigenvalue weighted by molar-refractivity contribution is 0.315. The molecule has 0 fully saturated rings. The number of nitrogens with one attached hydrogen (secondary N) is 1. The van der Waals surface area contributed by atoms with Crippen LogP contribution in [0, 0.1) is 18.3 Å². The highest BCUT2D eigenvalue weighted by atomic mass is 16.6. The molecule has 0 saturated heterocycles. The first kappa shape index (κ1) is 16.8. The summed E-state index contributed by atoms with van der Waals surface area (Å²) in [6.45, 7) is 1.95. The van der Waals surface area contributed by atoms with Crippen LogP contribution in [0.15, 0.2) is 65.3 Å². The number of aryl methyl sites for hydroxylation is 1. The number of hydrogen-bond donors (Lipinski definition) is 1. The summed E-state index contributed by atoms with van der Waals surface area (Å²) < 4.78 is 4.82. The van der Waals surface area contributed by atoms with Gasteiger partial charge in [-0.25, -0.2) is 9.61 Å². The first-order valence-electron chi connectivity index (χ1n) is 8.98. The van der Waals surface area contributed by atoms with Crippen LogP contribution in [-0.2, 0) is 0 Å². The van der Waals surface area contributed by atoms with E-state index in [0.717, 1.165) is 33.9 Å². The van der Waals surface area contributed by atoms with E-state index in [1.807, 2.05) is 55.5 Å². The maximum absolute atomic E-state index is 9.04. The highest BCUT2D eigenvalue weighted by Crippen LogP contribution is 2.33. The molecule has 5 aromatic rings. The highest BCUT2D eigenvalue weighted by Gasteiger charge is 2.17. The molecular weight excluding hydrogens is 364 g/mol. The van der Waals surface area contributed by atoms with Crippen molar-refractivity contribution in [2.24, 2.45) is 0 Å². The Kier molecular flexibility index (Phi) is 3.88. The summed E-state index contributed by atoms with van der Waals surface area (Å²) in [5.41, 5.74) is 6.99. The maximum atomic E-state index is 9.04. The molecule has 0 saturated carbocycles. The lowest BCUT2D eigenvalue weighted by Crippen LogP contribution is -1.89. The number of fused-ring (bicyclic) bond motifs is 1. The quantitative estimate of drug-likeness (QED) is 0.495. The average Bonchev–Trinajstić information content (AvgIpc) is 3.40. The van der Waals surface area contributed by atoms with Gasteiger partial charge in [0, 0.05) is 16.8 Å². The Morgan fingerprint density at radius 1 is 0.897 bits per heavy atom. The van der Waals surface area contributed by atoms with Crippen molar-refractivity contribution in [2.75, 3.05) is 0 Å². The molecule has 3 heterocycles. The van der Waals surface area contributed by atoms with Gasteiger partial charge in [0.15, 0.2) is 0 Å². The van der Waals surface area contributed by atoms with Gasteiger partial charge >= 0.3 is 0 Å². The number of nitrogens with zero attached hydrogens (tertiary/aromatic N) is 5. The Morgan fingerprint density at radius 2 is 1.69 bits per heavy atom. The normalized spacial score (nSPS) is 10.9. The molecular formula is C22H14N6O. The van der Waals surface area contributed by atoms with E-state index in [9.17, 15) is 0 Å². The van der Waals surface area contributed by atoms with Gasteiger partial charge in [0.25, 0.3) is 0 Å². The van der Waals surface area contributed by atoms with E-state index in [0.29, 0.717) is 22.4 Å². The summed E-state index contributed by atoms with van der Waals surface area (Å²) in [7, 11) is 0. The summed E-state index contributed by atoms with van der Waals surface area (Å²) in [5, 5.41) is 16.8. The van der Waals surface area contributed by atoms with Crippen LogP contribution in [0.25, 0.3) is 45.1 Å². The smallest absolute Gasteiger partial charge is 0.138 e. The Hall–Kier alpha value is -4.31. The van der Waals surface area contributed by atoms with Gasteiger partial charge in [-0.2, -0.15) is 5.26 Å². The molecule has 0 aliphatic heterocycles. The molecule has 7 heteroatoms. The highest BCUT2D eigenvalue weighted by molar-refractivity contribution is 5.85. The number of H-pyrrole nitrogens is 1. The Bertz CT molecular complexity index is 1370. The van der Waals surface area contributed by atoms with Gasteiger partial charge in [0.2, 0.25) is 0 Å². The molecule has 138 valence electrons. The van der Waals surface area contributed by atoms with Gasteiger partial charge in [-0.05, 0) is 65.8 Å². The van der Waals surface area contributed by atoms with Gasteiger partial charge in [0.1, 0.15) is 16.9 Å². The summed E-state index contributed by atoms with van der Waals surface area (Å²) >= 11 is 0. The van der Waals surface area contributed by atoms with Crippen molar-refractivity contribution < 1.29 is 4.63 Å². The van der Waals surface area contributed by atoms with Gasteiger partial charge in [-0.3, -0.25) is 4.98 Å². The van der Waals surface area contributed by atoms with Crippen molar-refractivity contribution in [2.45, 2.75) is 6.92 Å². The second-order valence-corrected chi connectivity index (χ2v) is 6.63. The van der Waals surface area contributed by atoms with Crippen LogP contribution in [0.1, 0.15) is 11.3 Å². The number of benzene rings is 2. The van der Waals surface area contributed by atoms with Crippen LogP contribution in [0.3, 0.4) is 0 Å². The third-order valence-electron chi connectivity index (χ3n) is 4.66. The van der Waals surface area contributed by atoms with Crippen molar-refractivity contribution >= 4 is 11.0 Å². The molecule has 0 radical (unpaired) electrons. The zero-order valence-corrected chi connectivity index (χ0v) is 15.4. The minimum absolute atomic E-state index is 0.602. The largest absolute Gasteiger partial charge is 0.336 e. The minimum Gasteiger partial charge on any atom is -0.336 e. The van der Waals surface area contributed by atoms with E-state index >= 15 is 0 Å². The molecule has 0 amide bonds. The molecule has 2 aromatic carbocycles. The van der Waals surface area contributed by atoms with Crippen molar-refractivity contribution in [3.8, 4) is 40.1 Å².